The van der Waals surface area contributed by atoms with Crippen molar-refractivity contribution in [3.05, 3.63) is 0 Å². The first-order valence-corrected chi connectivity index (χ1v) is 3.85. The van der Waals surface area contributed by atoms with Crippen molar-refractivity contribution >= 4 is 5.84 Å². The zero-order chi connectivity index (χ0) is 10.5. The van der Waals surface area contributed by atoms with Crippen LogP contribution in [-0.2, 0) is 4.74 Å². The lowest BCUT2D eigenvalue weighted by molar-refractivity contribution is -0.214. The summed E-state index contributed by atoms with van der Waals surface area (Å²) in [6, 6.07) is 0. The molecule has 0 amide bonds. The van der Waals surface area contributed by atoms with Gasteiger partial charge in [-0.15, -0.1) is 0 Å². The van der Waals surface area contributed by atoms with Gasteiger partial charge in [0.05, 0.1) is 5.84 Å². The fourth-order valence-corrected chi connectivity index (χ4v) is 0.617. The first-order valence-electron chi connectivity index (χ1n) is 3.85. The van der Waals surface area contributed by atoms with E-state index in [1.807, 2.05) is 0 Å². The Labute approximate surface area is 74.6 Å². The average molecular weight is 198 g/mol. The van der Waals surface area contributed by atoms with E-state index in [1.165, 1.54) is 0 Å². The van der Waals surface area contributed by atoms with E-state index in [0.29, 0.717) is 6.42 Å². The van der Waals surface area contributed by atoms with E-state index in [0.717, 1.165) is 6.92 Å². The van der Waals surface area contributed by atoms with E-state index in [4.69, 9.17) is 11.1 Å². The van der Waals surface area contributed by atoms with Crippen LogP contribution in [0.15, 0.2) is 0 Å². The van der Waals surface area contributed by atoms with Gasteiger partial charge in [-0.25, -0.2) is 0 Å². The van der Waals surface area contributed by atoms with Gasteiger partial charge in [0.15, 0.2) is 6.10 Å². The van der Waals surface area contributed by atoms with Crippen LogP contribution in [0.5, 0.6) is 0 Å². The van der Waals surface area contributed by atoms with Crippen molar-refractivity contribution in [2.45, 2.75) is 32.0 Å². The lowest BCUT2D eigenvalue weighted by atomic mass is 10.3. The van der Waals surface area contributed by atoms with Crippen LogP contribution in [0.3, 0.4) is 0 Å². The molecular weight excluding hydrogens is 185 g/mol. The minimum Gasteiger partial charge on any atom is -0.388 e. The molecule has 0 aliphatic carbocycles. The van der Waals surface area contributed by atoms with Crippen molar-refractivity contribution in [2.24, 2.45) is 5.73 Å². The SMILES string of the molecule is CC(OCCCC(=N)N)C(F)(F)F. The van der Waals surface area contributed by atoms with Crippen molar-refractivity contribution in [2.75, 3.05) is 6.61 Å². The standard InChI is InChI=1S/C7H13F3N2O/c1-5(7(8,9)10)13-4-2-3-6(11)12/h5H,2-4H2,1H3,(H3,11,12). The highest BCUT2D eigenvalue weighted by atomic mass is 19.4. The molecule has 0 rings (SSSR count). The van der Waals surface area contributed by atoms with Gasteiger partial charge in [0.25, 0.3) is 0 Å². The highest BCUT2D eigenvalue weighted by molar-refractivity contribution is 5.76. The van der Waals surface area contributed by atoms with Crippen molar-refractivity contribution in [1.29, 1.82) is 5.41 Å². The number of hydrogen-bond acceptors (Lipinski definition) is 2. The molecule has 13 heavy (non-hydrogen) atoms. The third kappa shape index (κ3) is 6.39. The van der Waals surface area contributed by atoms with Gasteiger partial charge in [-0.3, -0.25) is 5.41 Å². The lowest BCUT2D eigenvalue weighted by Gasteiger charge is -2.15. The molecule has 0 radical (unpaired) electrons. The number of hydrogen-bond donors (Lipinski definition) is 2. The minimum atomic E-state index is -4.31. The van der Waals surface area contributed by atoms with Gasteiger partial charge in [-0.05, 0) is 13.3 Å². The summed E-state index contributed by atoms with van der Waals surface area (Å²) in [4.78, 5) is 0. The molecule has 1 unspecified atom stereocenters. The van der Waals surface area contributed by atoms with Gasteiger partial charge in [0.2, 0.25) is 0 Å². The Morgan fingerprint density at radius 3 is 2.46 bits per heavy atom. The summed E-state index contributed by atoms with van der Waals surface area (Å²) < 4.78 is 40.0. The fraction of sp³-hybridized carbons (Fsp3) is 0.857. The molecule has 0 saturated heterocycles. The van der Waals surface area contributed by atoms with E-state index < -0.39 is 12.3 Å². The Kier molecular flexibility index (Phi) is 4.76. The van der Waals surface area contributed by atoms with Gasteiger partial charge in [0, 0.05) is 13.0 Å². The first kappa shape index (κ1) is 12.2. The molecule has 6 heteroatoms. The lowest BCUT2D eigenvalue weighted by Crippen LogP contribution is -2.29. The molecule has 3 N–H and O–H groups in total. The van der Waals surface area contributed by atoms with E-state index in [9.17, 15) is 13.2 Å². The predicted molar refractivity (Wildman–Crippen MR) is 42.6 cm³/mol. The predicted octanol–water partition coefficient (Wildman–Crippen LogP) is 1.67. The number of halogens is 3. The number of ether oxygens (including phenoxy) is 1. The van der Waals surface area contributed by atoms with Crippen molar-refractivity contribution in [3.8, 4) is 0 Å². The van der Waals surface area contributed by atoms with Crippen LogP contribution in [0, 0.1) is 5.41 Å². The van der Waals surface area contributed by atoms with Crippen LogP contribution in [0.2, 0.25) is 0 Å². The Morgan fingerprint density at radius 1 is 1.54 bits per heavy atom. The van der Waals surface area contributed by atoms with Crippen LogP contribution >= 0.6 is 0 Å². The third-order valence-corrected chi connectivity index (χ3v) is 1.42. The number of amidine groups is 1. The summed E-state index contributed by atoms with van der Waals surface area (Å²) in [6.45, 7) is 0.925. The second kappa shape index (κ2) is 5.06. The minimum absolute atomic E-state index is 0.0275. The van der Waals surface area contributed by atoms with Crippen molar-refractivity contribution in [3.63, 3.8) is 0 Å². The van der Waals surface area contributed by atoms with E-state index >= 15 is 0 Å². The van der Waals surface area contributed by atoms with E-state index in [2.05, 4.69) is 4.74 Å². The molecule has 0 aliphatic heterocycles. The molecule has 0 heterocycles. The normalized spacial score (nSPS) is 14.2. The summed E-state index contributed by atoms with van der Waals surface area (Å²) in [5, 5.41) is 6.80. The van der Waals surface area contributed by atoms with Gasteiger partial charge < -0.3 is 10.5 Å². The highest BCUT2D eigenvalue weighted by Gasteiger charge is 2.36. The molecule has 0 saturated carbocycles. The molecule has 78 valence electrons. The topological polar surface area (TPSA) is 59.1 Å². The van der Waals surface area contributed by atoms with E-state index in [-0.39, 0.29) is 18.9 Å². The second-order valence-corrected chi connectivity index (χ2v) is 2.68. The fourth-order valence-electron chi connectivity index (χ4n) is 0.617. The molecular formula is C7H13F3N2O. The number of nitrogens with two attached hydrogens (primary N) is 1. The van der Waals surface area contributed by atoms with Crippen molar-refractivity contribution < 1.29 is 17.9 Å². The molecule has 1 atom stereocenters. The van der Waals surface area contributed by atoms with Gasteiger partial charge >= 0.3 is 6.18 Å². The Balaban J connectivity index is 3.49. The van der Waals surface area contributed by atoms with Crippen LogP contribution in [0.4, 0.5) is 13.2 Å². The monoisotopic (exact) mass is 198 g/mol. The van der Waals surface area contributed by atoms with Gasteiger partial charge in [0.1, 0.15) is 0 Å². The molecule has 0 fully saturated rings. The molecule has 0 bridgehead atoms. The summed E-state index contributed by atoms with van der Waals surface area (Å²) in [7, 11) is 0. The van der Waals surface area contributed by atoms with Gasteiger partial charge in [-0.1, -0.05) is 0 Å². The molecule has 0 aromatic heterocycles. The second-order valence-electron chi connectivity index (χ2n) is 2.68. The Morgan fingerprint density at radius 2 is 2.08 bits per heavy atom. The molecule has 0 spiro atoms. The number of nitrogens with one attached hydrogen (secondary N) is 1. The largest absolute Gasteiger partial charge is 0.414 e. The Bertz CT molecular complexity index is 170. The van der Waals surface area contributed by atoms with Crippen LogP contribution < -0.4 is 5.73 Å². The zero-order valence-electron chi connectivity index (χ0n) is 7.32. The smallest absolute Gasteiger partial charge is 0.388 e. The zero-order valence-corrected chi connectivity index (χ0v) is 7.32. The van der Waals surface area contributed by atoms with Crippen LogP contribution in [0.1, 0.15) is 19.8 Å². The quantitative estimate of drug-likeness (QED) is 0.401. The maximum atomic E-state index is 11.8. The summed E-state index contributed by atoms with van der Waals surface area (Å²) in [6.07, 6.45) is -5.45. The maximum absolute atomic E-state index is 11.8. The van der Waals surface area contributed by atoms with Crippen LogP contribution in [0.25, 0.3) is 0 Å². The summed E-state index contributed by atoms with van der Waals surface area (Å²) in [5.41, 5.74) is 5.00. The molecule has 0 aromatic carbocycles. The summed E-state index contributed by atoms with van der Waals surface area (Å²) >= 11 is 0. The molecule has 3 nitrogen and oxygen atoms in total. The Hall–Kier alpha value is -0.780. The first-order chi connectivity index (χ1) is 5.84. The maximum Gasteiger partial charge on any atom is 0.414 e. The molecule has 0 aliphatic rings. The number of alkyl halides is 3. The third-order valence-electron chi connectivity index (χ3n) is 1.42. The number of rotatable bonds is 5. The average Bonchev–Trinajstić information content (AvgIpc) is 1.95. The van der Waals surface area contributed by atoms with E-state index in [1.54, 1.807) is 0 Å². The van der Waals surface area contributed by atoms with Crippen LogP contribution in [-0.4, -0.2) is 24.7 Å². The highest BCUT2D eigenvalue weighted by Crippen LogP contribution is 2.22. The van der Waals surface area contributed by atoms with Gasteiger partial charge in [-0.2, -0.15) is 13.2 Å². The molecule has 0 aromatic rings. The van der Waals surface area contributed by atoms with Crippen molar-refractivity contribution in [1.82, 2.24) is 0 Å². The summed E-state index contributed by atoms with van der Waals surface area (Å²) in [5.74, 6) is -0.0386.